The highest BCUT2D eigenvalue weighted by Gasteiger charge is 2.32. The number of morpholine rings is 1. The minimum Gasteiger partial charge on any atom is -0.378 e. The zero-order chi connectivity index (χ0) is 21.2. The summed E-state index contributed by atoms with van der Waals surface area (Å²) in [6.07, 6.45) is -4.52. The lowest BCUT2D eigenvalue weighted by molar-refractivity contribution is -0.137. The molecule has 3 rings (SSSR count). The number of nitrogens with zero attached hydrogens (tertiary/aromatic N) is 2. The molecule has 9 heteroatoms. The zero-order valence-electron chi connectivity index (χ0n) is 16.2. The largest absolute Gasteiger partial charge is 0.416 e. The summed E-state index contributed by atoms with van der Waals surface area (Å²) in [5.74, 6) is -0.478. The van der Waals surface area contributed by atoms with Crippen molar-refractivity contribution in [3.63, 3.8) is 0 Å². The molecule has 2 aromatic rings. The summed E-state index contributed by atoms with van der Waals surface area (Å²) in [5, 5.41) is 2.62. The monoisotopic (exact) mass is 409 g/mol. The predicted octanol–water partition coefficient (Wildman–Crippen LogP) is 2.96. The number of alkyl halides is 3. The van der Waals surface area contributed by atoms with Crippen molar-refractivity contribution in [2.24, 2.45) is 0 Å². The summed E-state index contributed by atoms with van der Waals surface area (Å²) in [5.41, 5.74) is 0.820. The summed E-state index contributed by atoms with van der Waals surface area (Å²) < 4.78 is 46.5. The standard InChI is InChI=1S/C20H22F3N3O3/c1-13-9-16(27)10-14(2)26(13)12-19(28)24-17-11-15(20(21,22)23)3-4-18(17)25-5-7-29-8-6-25/h3-4,9-11H,5-8,12H2,1-2H3,(H,24,28). The van der Waals surface area contributed by atoms with Crippen molar-refractivity contribution in [3.8, 4) is 0 Å². The molecule has 1 aromatic carbocycles. The quantitative estimate of drug-likeness (QED) is 0.844. The third kappa shape index (κ3) is 4.97. The van der Waals surface area contributed by atoms with Crippen molar-refractivity contribution < 1.29 is 22.7 Å². The number of aromatic nitrogens is 1. The molecular formula is C20H22F3N3O3. The number of pyridine rings is 1. The zero-order valence-corrected chi connectivity index (χ0v) is 16.2. The van der Waals surface area contributed by atoms with E-state index in [-0.39, 0.29) is 17.7 Å². The number of anilines is 2. The second-order valence-corrected chi connectivity index (χ2v) is 6.94. The molecule has 0 bridgehead atoms. The van der Waals surface area contributed by atoms with Gasteiger partial charge in [-0.05, 0) is 32.0 Å². The van der Waals surface area contributed by atoms with Crippen LogP contribution in [-0.2, 0) is 22.3 Å². The van der Waals surface area contributed by atoms with Crippen LogP contribution in [0, 0.1) is 13.8 Å². The summed E-state index contributed by atoms with van der Waals surface area (Å²) in [6.45, 7) is 5.25. The first kappa shape index (κ1) is 20.9. The van der Waals surface area contributed by atoms with Gasteiger partial charge in [0.2, 0.25) is 5.91 Å². The van der Waals surface area contributed by atoms with Gasteiger partial charge >= 0.3 is 6.18 Å². The molecular weight excluding hydrogens is 387 g/mol. The Labute approximate surface area is 165 Å². The van der Waals surface area contributed by atoms with Gasteiger partial charge in [-0.15, -0.1) is 0 Å². The van der Waals surface area contributed by atoms with E-state index in [0.717, 1.165) is 12.1 Å². The number of nitrogens with one attached hydrogen (secondary N) is 1. The molecule has 1 aromatic heterocycles. The van der Waals surface area contributed by atoms with Crippen LogP contribution >= 0.6 is 0 Å². The van der Waals surface area contributed by atoms with E-state index in [0.29, 0.717) is 43.4 Å². The van der Waals surface area contributed by atoms with Gasteiger partial charge in [-0.2, -0.15) is 13.2 Å². The molecule has 6 nitrogen and oxygen atoms in total. The molecule has 156 valence electrons. The first-order chi connectivity index (χ1) is 13.6. The van der Waals surface area contributed by atoms with Crippen LogP contribution in [0.25, 0.3) is 0 Å². The van der Waals surface area contributed by atoms with E-state index in [1.807, 2.05) is 4.90 Å². The van der Waals surface area contributed by atoms with Gasteiger partial charge in [0, 0.05) is 36.6 Å². The van der Waals surface area contributed by atoms with Gasteiger partial charge in [-0.25, -0.2) is 0 Å². The lowest BCUT2D eigenvalue weighted by Crippen LogP contribution is -2.37. The Bertz CT molecular complexity index is 937. The minimum absolute atomic E-state index is 0.100. The van der Waals surface area contributed by atoms with Gasteiger partial charge in [-0.1, -0.05) is 0 Å². The Balaban J connectivity index is 1.89. The number of halogens is 3. The van der Waals surface area contributed by atoms with Crippen LogP contribution in [0.5, 0.6) is 0 Å². The van der Waals surface area contributed by atoms with E-state index in [1.165, 1.54) is 18.2 Å². The Morgan fingerprint density at radius 1 is 1.10 bits per heavy atom. The molecule has 0 radical (unpaired) electrons. The lowest BCUT2D eigenvalue weighted by atomic mass is 10.1. The Kier molecular flexibility index (Phi) is 5.97. The molecule has 0 unspecified atom stereocenters. The van der Waals surface area contributed by atoms with Crippen LogP contribution in [-0.4, -0.2) is 36.8 Å². The maximum Gasteiger partial charge on any atom is 0.416 e. The Hall–Kier alpha value is -2.81. The van der Waals surface area contributed by atoms with Gasteiger partial charge in [0.1, 0.15) is 6.54 Å². The summed E-state index contributed by atoms with van der Waals surface area (Å²) in [4.78, 5) is 26.1. The lowest BCUT2D eigenvalue weighted by Gasteiger charge is -2.31. The summed E-state index contributed by atoms with van der Waals surface area (Å²) in [6, 6.07) is 6.15. The molecule has 0 atom stereocenters. The van der Waals surface area contributed by atoms with Crippen LogP contribution in [0.2, 0.25) is 0 Å². The summed E-state index contributed by atoms with van der Waals surface area (Å²) in [7, 11) is 0. The molecule has 1 saturated heterocycles. The summed E-state index contributed by atoms with van der Waals surface area (Å²) >= 11 is 0. The highest BCUT2D eigenvalue weighted by atomic mass is 19.4. The number of carbonyl (C=O) groups is 1. The molecule has 0 saturated carbocycles. The average Bonchev–Trinajstić information content (AvgIpc) is 2.64. The number of carbonyl (C=O) groups excluding carboxylic acids is 1. The van der Waals surface area contributed by atoms with Crippen molar-refractivity contribution in [2.45, 2.75) is 26.6 Å². The average molecular weight is 409 g/mol. The molecule has 1 aliphatic rings. The Morgan fingerprint density at radius 3 is 2.31 bits per heavy atom. The van der Waals surface area contributed by atoms with Gasteiger partial charge in [0.05, 0.1) is 30.2 Å². The third-order valence-electron chi connectivity index (χ3n) is 4.81. The fourth-order valence-corrected chi connectivity index (χ4v) is 3.36. The predicted molar refractivity (Wildman–Crippen MR) is 103 cm³/mol. The number of ether oxygens (including phenoxy) is 1. The first-order valence-corrected chi connectivity index (χ1v) is 9.17. The van der Waals surface area contributed by atoms with Gasteiger partial charge in [-0.3, -0.25) is 9.59 Å². The van der Waals surface area contributed by atoms with Crippen molar-refractivity contribution in [3.05, 3.63) is 57.5 Å². The topological polar surface area (TPSA) is 63.6 Å². The molecule has 0 aliphatic carbocycles. The maximum absolute atomic E-state index is 13.2. The fourth-order valence-electron chi connectivity index (χ4n) is 3.36. The number of aryl methyl sites for hydroxylation is 2. The van der Waals surface area contributed by atoms with E-state index in [2.05, 4.69) is 5.32 Å². The van der Waals surface area contributed by atoms with Gasteiger partial charge < -0.3 is 19.5 Å². The van der Waals surface area contributed by atoms with Crippen LogP contribution in [0.4, 0.5) is 24.5 Å². The molecule has 0 spiro atoms. The molecule has 29 heavy (non-hydrogen) atoms. The highest BCUT2D eigenvalue weighted by molar-refractivity contribution is 5.94. The number of hydrogen-bond acceptors (Lipinski definition) is 4. The van der Waals surface area contributed by atoms with Crippen LogP contribution < -0.4 is 15.6 Å². The number of hydrogen-bond donors (Lipinski definition) is 1. The molecule has 1 fully saturated rings. The van der Waals surface area contributed by atoms with Crippen molar-refractivity contribution >= 4 is 17.3 Å². The number of amides is 1. The second kappa shape index (κ2) is 8.28. The van der Waals surface area contributed by atoms with Gasteiger partial charge in [0.25, 0.3) is 0 Å². The SMILES string of the molecule is Cc1cc(=O)cc(C)n1CC(=O)Nc1cc(C(F)(F)F)ccc1N1CCOCC1. The van der Waals surface area contributed by atoms with E-state index in [9.17, 15) is 22.8 Å². The van der Waals surface area contributed by atoms with E-state index >= 15 is 0 Å². The van der Waals surface area contributed by atoms with Gasteiger partial charge in [0.15, 0.2) is 5.43 Å². The second-order valence-electron chi connectivity index (χ2n) is 6.94. The molecule has 1 amide bonds. The minimum atomic E-state index is -4.52. The van der Waals surface area contributed by atoms with Crippen LogP contribution in [0.15, 0.2) is 35.1 Å². The van der Waals surface area contributed by atoms with E-state index < -0.39 is 17.6 Å². The van der Waals surface area contributed by atoms with Crippen molar-refractivity contribution in [1.29, 1.82) is 0 Å². The number of rotatable bonds is 4. The van der Waals surface area contributed by atoms with Crippen molar-refractivity contribution in [1.82, 2.24) is 4.57 Å². The highest BCUT2D eigenvalue weighted by Crippen LogP contribution is 2.35. The first-order valence-electron chi connectivity index (χ1n) is 9.17. The van der Waals surface area contributed by atoms with E-state index in [1.54, 1.807) is 18.4 Å². The maximum atomic E-state index is 13.2. The fraction of sp³-hybridized carbons (Fsp3) is 0.400. The molecule has 1 N–H and O–H groups in total. The third-order valence-corrected chi connectivity index (χ3v) is 4.81. The smallest absolute Gasteiger partial charge is 0.378 e. The molecule has 1 aliphatic heterocycles. The van der Waals surface area contributed by atoms with E-state index in [4.69, 9.17) is 4.74 Å². The normalized spacial score (nSPS) is 14.7. The Morgan fingerprint density at radius 2 is 1.72 bits per heavy atom. The number of benzene rings is 1. The van der Waals surface area contributed by atoms with Crippen LogP contribution in [0.3, 0.4) is 0 Å². The molecule has 2 heterocycles. The van der Waals surface area contributed by atoms with Crippen molar-refractivity contribution in [2.75, 3.05) is 36.5 Å². The van der Waals surface area contributed by atoms with Crippen LogP contribution in [0.1, 0.15) is 17.0 Å².